The summed E-state index contributed by atoms with van der Waals surface area (Å²) in [4.78, 5) is 14.1. The van der Waals surface area contributed by atoms with Gasteiger partial charge in [-0.15, -0.1) is 0 Å². The molecule has 2 rings (SSSR count). The van der Waals surface area contributed by atoms with Crippen molar-refractivity contribution < 1.29 is 4.79 Å². The van der Waals surface area contributed by atoms with Crippen molar-refractivity contribution in [2.24, 2.45) is 0 Å². The van der Waals surface area contributed by atoms with Crippen LogP contribution in [0, 0.1) is 0 Å². The predicted molar refractivity (Wildman–Crippen MR) is 108 cm³/mol. The number of nitrogens with zero attached hydrogens (tertiary/aromatic N) is 1. The van der Waals surface area contributed by atoms with Crippen LogP contribution in [-0.2, 0) is 4.79 Å². The fraction of sp³-hybridized carbons (Fsp3) is 0.263. The molecule has 126 valence electrons. The van der Waals surface area contributed by atoms with Crippen molar-refractivity contribution in [3.63, 3.8) is 0 Å². The van der Waals surface area contributed by atoms with Gasteiger partial charge in [0.15, 0.2) is 0 Å². The smallest absolute Gasteiger partial charge is 0.234 e. The van der Waals surface area contributed by atoms with Crippen LogP contribution in [0.25, 0.3) is 11.1 Å². The standard InChI is InChI=1S/C19H22N2OS2/c1-3-21(4-2)19(23)24-14-18(22)20-17-12-10-16(11-13-17)15-8-6-5-7-9-15/h5-13H,3-4,14H2,1-2H3,(H,20,22). The molecule has 1 N–H and O–H groups in total. The second-order valence-electron chi connectivity index (χ2n) is 5.22. The van der Waals surface area contributed by atoms with Gasteiger partial charge in [0.1, 0.15) is 4.32 Å². The van der Waals surface area contributed by atoms with Crippen LogP contribution in [0.15, 0.2) is 54.6 Å². The van der Waals surface area contributed by atoms with Gasteiger partial charge in [-0.1, -0.05) is 66.4 Å². The highest BCUT2D eigenvalue weighted by Gasteiger charge is 2.09. The third-order valence-corrected chi connectivity index (χ3v) is 5.15. The molecule has 0 saturated carbocycles. The van der Waals surface area contributed by atoms with E-state index in [2.05, 4.69) is 36.2 Å². The molecule has 0 unspecified atom stereocenters. The molecule has 0 aliphatic carbocycles. The third-order valence-electron chi connectivity index (χ3n) is 3.62. The highest BCUT2D eigenvalue weighted by molar-refractivity contribution is 8.23. The van der Waals surface area contributed by atoms with Crippen molar-refractivity contribution in [2.75, 3.05) is 24.2 Å². The molecule has 2 aromatic carbocycles. The van der Waals surface area contributed by atoms with Gasteiger partial charge in [-0.2, -0.15) is 0 Å². The Kier molecular flexibility index (Phi) is 7.28. The molecule has 0 aliphatic rings. The lowest BCUT2D eigenvalue weighted by Gasteiger charge is -2.20. The Hall–Kier alpha value is -1.85. The van der Waals surface area contributed by atoms with Crippen LogP contribution in [0.2, 0.25) is 0 Å². The normalized spacial score (nSPS) is 10.2. The summed E-state index contributed by atoms with van der Waals surface area (Å²) >= 11 is 6.74. The molecule has 0 aromatic heterocycles. The van der Waals surface area contributed by atoms with Crippen LogP contribution >= 0.6 is 24.0 Å². The zero-order valence-corrected chi connectivity index (χ0v) is 15.6. The summed E-state index contributed by atoms with van der Waals surface area (Å²) in [6.45, 7) is 5.85. The van der Waals surface area contributed by atoms with Crippen molar-refractivity contribution in [1.82, 2.24) is 4.90 Å². The minimum Gasteiger partial charge on any atom is -0.358 e. The van der Waals surface area contributed by atoms with Gasteiger partial charge in [-0.25, -0.2) is 0 Å². The van der Waals surface area contributed by atoms with Gasteiger partial charge in [0.25, 0.3) is 0 Å². The topological polar surface area (TPSA) is 32.3 Å². The van der Waals surface area contributed by atoms with E-state index in [1.165, 1.54) is 11.8 Å². The van der Waals surface area contributed by atoms with E-state index in [1.54, 1.807) is 0 Å². The van der Waals surface area contributed by atoms with E-state index in [0.29, 0.717) is 5.75 Å². The highest BCUT2D eigenvalue weighted by Crippen LogP contribution is 2.21. The third kappa shape index (κ3) is 5.35. The van der Waals surface area contributed by atoms with E-state index in [0.717, 1.165) is 34.2 Å². The van der Waals surface area contributed by atoms with Crippen LogP contribution in [-0.4, -0.2) is 34.0 Å². The number of carbonyl (C=O) groups is 1. The Bertz CT molecular complexity index is 668. The molecule has 0 atom stereocenters. The largest absolute Gasteiger partial charge is 0.358 e. The first-order valence-electron chi connectivity index (χ1n) is 8.01. The molecule has 2 aromatic rings. The number of hydrogen-bond donors (Lipinski definition) is 1. The first kappa shape index (κ1) is 18.5. The average Bonchev–Trinajstić information content (AvgIpc) is 2.62. The number of thioether (sulfide) groups is 1. The van der Waals surface area contributed by atoms with Crippen molar-refractivity contribution >= 4 is 39.9 Å². The predicted octanol–water partition coefficient (Wildman–Crippen LogP) is 4.65. The van der Waals surface area contributed by atoms with Gasteiger partial charge in [0, 0.05) is 18.8 Å². The van der Waals surface area contributed by atoms with Gasteiger partial charge < -0.3 is 10.2 Å². The molecule has 0 spiro atoms. The van der Waals surface area contributed by atoms with E-state index >= 15 is 0 Å². The SMILES string of the molecule is CCN(CC)C(=S)SCC(=O)Nc1ccc(-c2ccccc2)cc1. The van der Waals surface area contributed by atoms with Crippen LogP contribution in [0.4, 0.5) is 5.69 Å². The lowest BCUT2D eigenvalue weighted by molar-refractivity contribution is -0.113. The Morgan fingerprint density at radius 2 is 1.58 bits per heavy atom. The number of benzene rings is 2. The van der Waals surface area contributed by atoms with E-state index in [9.17, 15) is 4.79 Å². The molecular weight excluding hydrogens is 336 g/mol. The maximum absolute atomic E-state index is 12.1. The summed E-state index contributed by atoms with van der Waals surface area (Å²) in [7, 11) is 0. The van der Waals surface area contributed by atoms with Gasteiger partial charge in [0.2, 0.25) is 5.91 Å². The Labute approximate surface area is 153 Å². The number of rotatable bonds is 6. The fourth-order valence-electron chi connectivity index (χ4n) is 2.27. The molecule has 0 fully saturated rings. The van der Waals surface area contributed by atoms with Crippen molar-refractivity contribution in [1.29, 1.82) is 0 Å². The van der Waals surface area contributed by atoms with E-state index in [1.807, 2.05) is 42.5 Å². The summed E-state index contributed by atoms with van der Waals surface area (Å²) in [5.74, 6) is 0.289. The molecule has 24 heavy (non-hydrogen) atoms. The van der Waals surface area contributed by atoms with E-state index in [-0.39, 0.29) is 5.91 Å². The van der Waals surface area contributed by atoms with E-state index < -0.39 is 0 Å². The molecule has 0 radical (unpaired) electrons. The molecule has 0 heterocycles. The number of amides is 1. The van der Waals surface area contributed by atoms with E-state index in [4.69, 9.17) is 12.2 Å². The first-order chi connectivity index (χ1) is 11.6. The van der Waals surface area contributed by atoms with Crippen LogP contribution in [0.3, 0.4) is 0 Å². The summed E-state index contributed by atoms with van der Waals surface area (Å²) in [5, 5.41) is 2.91. The van der Waals surface area contributed by atoms with Gasteiger partial charge in [-0.3, -0.25) is 4.79 Å². The second kappa shape index (κ2) is 9.45. The van der Waals surface area contributed by atoms with Crippen molar-refractivity contribution in [3.05, 3.63) is 54.6 Å². The molecule has 3 nitrogen and oxygen atoms in total. The molecule has 5 heteroatoms. The molecular formula is C19H22N2OS2. The minimum absolute atomic E-state index is 0.0398. The van der Waals surface area contributed by atoms with Crippen LogP contribution < -0.4 is 5.32 Å². The Balaban J connectivity index is 1.87. The number of hydrogen-bond acceptors (Lipinski definition) is 3. The van der Waals surface area contributed by atoms with Gasteiger partial charge in [0.05, 0.1) is 5.75 Å². The first-order valence-corrected chi connectivity index (χ1v) is 9.40. The average molecular weight is 359 g/mol. The zero-order chi connectivity index (χ0) is 17.4. The molecule has 0 saturated heterocycles. The second-order valence-corrected chi connectivity index (χ2v) is 6.83. The number of nitrogens with one attached hydrogen (secondary N) is 1. The summed E-state index contributed by atoms with van der Waals surface area (Å²) in [6, 6.07) is 18.0. The zero-order valence-electron chi connectivity index (χ0n) is 14.0. The lowest BCUT2D eigenvalue weighted by atomic mass is 10.1. The molecule has 0 bridgehead atoms. The van der Waals surface area contributed by atoms with Gasteiger partial charge >= 0.3 is 0 Å². The fourth-order valence-corrected chi connectivity index (χ4v) is 3.48. The summed E-state index contributed by atoms with van der Waals surface area (Å²) < 4.78 is 0.773. The number of thiocarbonyl (C=S) groups is 1. The van der Waals surface area contributed by atoms with Crippen molar-refractivity contribution in [3.8, 4) is 11.1 Å². The van der Waals surface area contributed by atoms with Crippen molar-refractivity contribution in [2.45, 2.75) is 13.8 Å². The minimum atomic E-state index is -0.0398. The molecule has 0 aliphatic heterocycles. The molecule has 1 amide bonds. The summed E-state index contributed by atoms with van der Waals surface area (Å²) in [5.41, 5.74) is 3.09. The Morgan fingerprint density at radius 1 is 1.00 bits per heavy atom. The maximum atomic E-state index is 12.1. The lowest BCUT2D eigenvalue weighted by Crippen LogP contribution is -2.28. The summed E-state index contributed by atoms with van der Waals surface area (Å²) in [6.07, 6.45) is 0. The highest BCUT2D eigenvalue weighted by atomic mass is 32.2. The maximum Gasteiger partial charge on any atom is 0.234 e. The number of anilines is 1. The van der Waals surface area contributed by atoms with Crippen LogP contribution in [0.1, 0.15) is 13.8 Å². The quantitative estimate of drug-likeness (QED) is 0.762. The van der Waals surface area contributed by atoms with Gasteiger partial charge in [-0.05, 0) is 37.1 Å². The monoisotopic (exact) mass is 358 g/mol. The Morgan fingerprint density at radius 3 is 2.17 bits per heavy atom. The van der Waals surface area contributed by atoms with Crippen LogP contribution in [0.5, 0.6) is 0 Å². The number of carbonyl (C=O) groups excluding carboxylic acids is 1.